The van der Waals surface area contributed by atoms with E-state index in [1.807, 2.05) is 0 Å². The van der Waals surface area contributed by atoms with Gasteiger partial charge in [0.15, 0.2) is 0 Å². The number of amides is 1. The minimum Gasteiger partial charge on any atom is -0.352 e. The second-order valence-corrected chi connectivity index (χ2v) is 3.46. The number of fused-ring (bicyclic) bond motifs is 1. The summed E-state index contributed by atoms with van der Waals surface area (Å²) in [7, 11) is 0. The predicted octanol–water partition coefficient (Wildman–Crippen LogP) is 0.813. The van der Waals surface area contributed by atoms with Gasteiger partial charge in [0.2, 0.25) is 11.9 Å². The normalized spacial score (nSPS) is 10.7. The zero-order chi connectivity index (χ0) is 11.7. The summed E-state index contributed by atoms with van der Waals surface area (Å²) in [5.74, 6) is -0.286. The van der Waals surface area contributed by atoms with Gasteiger partial charge in [0, 0.05) is 19.3 Å². The molecule has 0 atom stereocenters. The van der Waals surface area contributed by atoms with Gasteiger partial charge in [0.1, 0.15) is 11.5 Å². The number of aromatic nitrogens is 3. The van der Waals surface area contributed by atoms with Crippen LogP contribution in [0.5, 0.6) is 0 Å². The first-order valence-electron chi connectivity index (χ1n) is 4.82. The summed E-state index contributed by atoms with van der Waals surface area (Å²) >= 11 is 0. The van der Waals surface area contributed by atoms with Gasteiger partial charge in [-0.1, -0.05) is 0 Å². The van der Waals surface area contributed by atoms with Crippen molar-refractivity contribution in [2.45, 2.75) is 20.4 Å². The molecule has 0 bridgehead atoms. The minimum atomic E-state index is -0.593. The van der Waals surface area contributed by atoms with Crippen LogP contribution in [0, 0.1) is 12.9 Å². The van der Waals surface area contributed by atoms with Crippen LogP contribution < -0.4 is 5.32 Å². The predicted molar refractivity (Wildman–Crippen MR) is 55.2 cm³/mol. The Morgan fingerprint density at radius 1 is 1.62 bits per heavy atom. The number of hydrogen-bond donors (Lipinski definition) is 1. The fourth-order valence-corrected chi connectivity index (χ4v) is 1.51. The van der Waals surface area contributed by atoms with Gasteiger partial charge >= 0.3 is 0 Å². The number of rotatable bonds is 2. The molecule has 0 saturated heterocycles. The monoisotopic (exact) mass is 222 g/mol. The lowest BCUT2D eigenvalue weighted by Crippen LogP contribution is -2.21. The van der Waals surface area contributed by atoms with Crippen LogP contribution in [0.25, 0.3) is 5.65 Å². The highest BCUT2D eigenvalue weighted by atomic mass is 19.1. The fraction of sp³-hybridized carbons (Fsp3) is 0.300. The highest BCUT2D eigenvalue weighted by molar-refractivity contribution is 5.73. The summed E-state index contributed by atoms with van der Waals surface area (Å²) in [5, 5.41) is 2.53. The van der Waals surface area contributed by atoms with Crippen molar-refractivity contribution in [2.75, 3.05) is 0 Å². The van der Waals surface area contributed by atoms with E-state index < -0.39 is 5.95 Å². The Morgan fingerprint density at radius 2 is 2.38 bits per heavy atom. The largest absolute Gasteiger partial charge is 0.352 e. The van der Waals surface area contributed by atoms with E-state index >= 15 is 0 Å². The average Bonchev–Trinajstić information content (AvgIpc) is 2.65. The van der Waals surface area contributed by atoms with Crippen molar-refractivity contribution in [1.82, 2.24) is 19.7 Å². The topological polar surface area (TPSA) is 59.3 Å². The Balaban J connectivity index is 2.50. The van der Waals surface area contributed by atoms with Gasteiger partial charge < -0.3 is 5.32 Å². The van der Waals surface area contributed by atoms with Crippen LogP contribution in [0.15, 0.2) is 12.4 Å². The highest BCUT2D eigenvalue weighted by Gasteiger charge is 2.12. The summed E-state index contributed by atoms with van der Waals surface area (Å²) in [4.78, 5) is 18.6. The summed E-state index contributed by atoms with van der Waals surface area (Å²) in [5.41, 5.74) is 0.782. The van der Waals surface area contributed by atoms with E-state index in [1.165, 1.54) is 6.92 Å². The van der Waals surface area contributed by atoms with Gasteiger partial charge in [0.25, 0.3) is 0 Å². The first-order chi connectivity index (χ1) is 7.59. The van der Waals surface area contributed by atoms with Crippen molar-refractivity contribution < 1.29 is 9.18 Å². The van der Waals surface area contributed by atoms with E-state index in [0.29, 0.717) is 17.0 Å². The molecular weight excluding hydrogens is 211 g/mol. The van der Waals surface area contributed by atoms with E-state index in [0.717, 1.165) is 0 Å². The second kappa shape index (κ2) is 3.88. The van der Waals surface area contributed by atoms with E-state index in [2.05, 4.69) is 15.3 Å². The quantitative estimate of drug-likeness (QED) is 0.765. The molecule has 2 heterocycles. The van der Waals surface area contributed by atoms with Crippen LogP contribution in [0.3, 0.4) is 0 Å². The highest BCUT2D eigenvalue weighted by Crippen LogP contribution is 2.13. The Labute approximate surface area is 91.3 Å². The van der Waals surface area contributed by atoms with Crippen LogP contribution in [0.1, 0.15) is 18.3 Å². The minimum absolute atomic E-state index is 0.0922. The van der Waals surface area contributed by atoms with Gasteiger partial charge in [0.05, 0.1) is 12.1 Å². The molecule has 84 valence electrons. The molecule has 1 amide bonds. The Hall–Kier alpha value is -1.98. The third kappa shape index (κ3) is 1.73. The number of imidazole rings is 1. The molecule has 0 radical (unpaired) electrons. The lowest BCUT2D eigenvalue weighted by Gasteiger charge is -2.07. The van der Waals surface area contributed by atoms with E-state index in [-0.39, 0.29) is 12.5 Å². The van der Waals surface area contributed by atoms with Gasteiger partial charge in [-0.15, -0.1) is 0 Å². The molecule has 0 fully saturated rings. The molecule has 0 unspecified atom stereocenters. The molecule has 2 rings (SSSR count). The molecule has 2 aromatic heterocycles. The van der Waals surface area contributed by atoms with E-state index in [1.54, 1.807) is 23.7 Å². The molecule has 0 spiro atoms. The van der Waals surface area contributed by atoms with Crippen LogP contribution in [-0.4, -0.2) is 20.3 Å². The lowest BCUT2D eigenvalue weighted by atomic mass is 10.3. The standard InChI is InChI=1S/C10H11FN4O/c1-6-14-9(11)8(5-13-7(2)16)10-12-3-4-15(6)10/h3-4H,5H2,1-2H3,(H,13,16). The van der Waals surface area contributed by atoms with E-state index in [4.69, 9.17) is 0 Å². The van der Waals surface area contributed by atoms with E-state index in [9.17, 15) is 9.18 Å². The van der Waals surface area contributed by atoms with Crippen molar-refractivity contribution in [3.05, 3.63) is 29.7 Å². The Bertz CT molecular complexity index is 549. The Kier molecular flexibility index (Phi) is 2.55. The van der Waals surface area contributed by atoms with Crippen molar-refractivity contribution in [1.29, 1.82) is 0 Å². The number of nitrogens with one attached hydrogen (secondary N) is 1. The third-order valence-corrected chi connectivity index (χ3v) is 2.28. The molecular formula is C10H11FN4O. The molecule has 0 aliphatic carbocycles. The maximum absolute atomic E-state index is 13.6. The molecule has 0 aliphatic rings. The summed E-state index contributed by atoms with van der Waals surface area (Å²) < 4.78 is 15.3. The van der Waals surface area contributed by atoms with Crippen molar-refractivity contribution in [3.63, 3.8) is 0 Å². The zero-order valence-electron chi connectivity index (χ0n) is 8.99. The van der Waals surface area contributed by atoms with Gasteiger partial charge in [-0.2, -0.15) is 4.39 Å². The average molecular weight is 222 g/mol. The molecule has 0 saturated carbocycles. The second-order valence-electron chi connectivity index (χ2n) is 3.46. The van der Waals surface area contributed by atoms with Crippen molar-refractivity contribution in [2.24, 2.45) is 0 Å². The number of carbonyl (C=O) groups is 1. The number of nitrogens with zero attached hydrogens (tertiary/aromatic N) is 3. The maximum Gasteiger partial charge on any atom is 0.223 e. The fourth-order valence-electron chi connectivity index (χ4n) is 1.51. The van der Waals surface area contributed by atoms with Gasteiger partial charge in [-0.25, -0.2) is 9.97 Å². The van der Waals surface area contributed by atoms with Crippen LogP contribution in [0.2, 0.25) is 0 Å². The number of aryl methyl sites for hydroxylation is 1. The SMILES string of the molecule is CC(=O)NCc1c(F)nc(C)n2ccnc12. The summed E-state index contributed by atoms with van der Waals surface area (Å²) in [6, 6.07) is 0. The lowest BCUT2D eigenvalue weighted by molar-refractivity contribution is -0.119. The molecule has 16 heavy (non-hydrogen) atoms. The first kappa shape index (κ1) is 10.5. The Morgan fingerprint density at radius 3 is 3.06 bits per heavy atom. The van der Waals surface area contributed by atoms with Gasteiger partial charge in [-0.05, 0) is 6.92 Å². The number of hydrogen-bond acceptors (Lipinski definition) is 3. The van der Waals surface area contributed by atoms with Gasteiger partial charge in [-0.3, -0.25) is 9.20 Å². The zero-order valence-corrected chi connectivity index (χ0v) is 8.99. The molecule has 5 nitrogen and oxygen atoms in total. The van der Waals surface area contributed by atoms with Crippen LogP contribution >= 0.6 is 0 Å². The van der Waals surface area contributed by atoms with Crippen LogP contribution in [0.4, 0.5) is 4.39 Å². The molecule has 1 N–H and O–H groups in total. The maximum atomic E-state index is 13.6. The third-order valence-electron chi connectivity index (χ3n) is 2.28. The van der Waals surface area contributed by atoms with Crippen molar-refractivity contribution >= 4 is 11.6 Å². The number of carbonyl (C=O) groups excluding carboxylic acids is 1. The summed E-state index contributed by atoms with van der Waals surface area (Å²) in [6.45, 7) is 3.16. The van der Waals surface area contributed by atoms with Crippen LogP contribution in [-0.2, 0) is 11.3 Å². The molecule has 6 heteroatoms. The molecule has 0 aliphatic heterocycles. The smallest absolute Gasteiger partial charge is 0.223 e. The van der Waals surface area contributed by atoms with Crippen molar-refractivity contribution in [3.8, 4) is 0 Å². The first-order valence-corrected chi connectivity index (χ1v) is 4.82. The molecule has 0 aromatic carbocycles. The number of halogens is 1. The summed E-state index contributed by atoms with van der Waals surface area (Å²) in [6.07, 6.45) is 3.27. The molecule has 2 aromatic rings.